The van der Waals surface area contributed by atoms with E-state index in [2.05, 4.69) is 10.6 Å². The number of benzene rings is 2. The van der Waals surface area contributed by atoms with Gasteiger partial charge in [0.2, 0.25) is 5.91 Å². The molecular formula is C28H39N3O6. The van der Waals surface area contributed by atoms with Crippen molar-refractivity contribution in [3.63, 3.8) is 0 Å². The molecule has 9 nitrogen and oxygen atoms in total. The molecule has 3 unspecified atom stereocenters. The summed E-state index contributed by atoms with van der Waals surface area (Å²) in [5, 5.41) is 15.4. The zero-order valence-corrected chi connectivity index (χ0v) is 22.5. The Kier molecular flexibility index (Phi) is 10.9. The van der Waals surface area contributed by atoms with Crippen molar-refractivity contribution < 1.29 is 29.0 Å². The number of nitrogens with zero attached hydrogens (tertiary/aromatic N) is 1. The van der Waals surface area contributed by atoms with Crippen LogP contribution in [-0.2, 0) is 14.3 Å². The predicted molar refractivity (Wildman–Crippen MR) is 142 cm³/mol. The lowest BCUT2D eigenvalue weighted by Gasteiger charge is -2.35. The van der Waals surface area contributed by atoms with Crippen LogP contribution in [0, 0.1) is 5.92 Å². The molecule has 0 aromatic heterocycles. The summed E-state index contributed by atoms with van der Waals surface area (Å²) in [6.45, 7) is 8.47. The number of amides is 3. The number of rotatable bonds is 11. The Bertz CT molecular complexity index is 1020. The number of aliphatic hydroxyl groups is 1. The van der Waals surface area contributed by atoms with Crippen LogP contribution in [0.5, 0.6) is 5.75 Å². The van der Waals surface area contributed by atoms with Crippen molar-refractivity contribution in [3.05, 3.63) is 60.2 Å². The highest BCUT2D eigenvalue weighted by Gasteiger charge is 2.38. The Balaban J connectivity index is 2.45. The highest BCUT2D eigenvalue weighted by atomic mass is 16.6. The number of nitrogens with one attached hydrogen (secondary N) is 2. The van der Waals surface area contributed by atoms with Crippen LogP contribution in [0.25, 0.3) is 0 Å². The number of carbonyl (C=O) groups is 3. The third-order valence-corrected chi connectivity index (χ3v) is 5.81. The van der Waals surface area contributed by atoms with Crippen molar-refractivity contribution in [2.45, 2.75) is 58.7 Å². The predicted octanol–water partition coefficient (Wildman–Crippen LogP) is 4.14. The number of methoxy groups -OCH3 is 1. The molecule has 37 heavy (non-hydrogen) atoms. The monoisotopic (exact) mass is 513 g/mol. The van der Waals surface area contributed by atoms with Gasteiger partial charge in [0.05, 0.1) is 13.7 Å². The van der Waals surface area contributed by atoms with E-state index in [1.807, 2.05) is 19.9 Å². The number of aliphatic hydroxyl groups excluding tert-OH is 1. The van der Waals surface area contributed by atoms with Gasteiger partial charge < -0.3 is 30.1 Å². The summed E-state index contributed by atoms with van der Waals surface area (Å²) < 4.78 is 10.6. The van der Waals surface area contributed by atoms with Gasteiger partial charge in [-0.2, -0.15) is 0 Å². The highest BCUT2D eigenvalue weighted by molar-refractivity contribution is 5.99. The molecule has 0 saturated heterocycles. The van der Waals surface area contributed by atoms with E-state index in [9.17, 15) is 19.5 Å². The molecule has 2 rings (SSSR count). The fraction of sp³-hybridized carbons (Fsp3) is 0.464. The second-order valence-corrected chi connectivity index (χ2v) is 9.80. The van der Waals surface area contributed by atoms with Crippen LogP contribution in [0.15, 0.2) is 54.6 Å². The molecule has 0 aliphatic heterocycles. The first-order valence-electron chi connectivity index (χ1n) is 12.4. The highest BCUT2D eigenvalue weighted by Crippen LogP contribution is 2.26. The van der Waals surface area contributed by atoms with E-state index in [4.69, 9.17) is 9.47 Å². The third kappa shape index (κ3) is 8.78. The molecular weight excluding hydrogens is 474 g/mol. The number of hydrogen-bond acceptors (Lipinski definition) is 6. The average Bonchev–Trinajstić information content (AvgIpc) is 2.86. The van der Waals surface area contributed by atoms with Crippen molar-refractivity contribution in [2.24, 2.45) is 5.92 Å². The molecule has 9 heteroatoms. The summed E-state index contributed by atoms with van der Waals surface area (Å²) in [5.74, 6) is -0.576. The lowest BCUT2D eigenvalue weighted by Crippen LogP contribution is -2.55. The van der Waals surface area contributed by atoms with E-state index in [0.29, 0.717) is 23.4 Å². The standard InChI is InChI=1S/C28H39N3O6/c1-7-19(2)23(30-27(35)37-28(3,4)5)26(34)31(17-18-32)24(20-11-9-8-10-12-20)25(33)29-21-13-15-22(36-6)16-14-21/h8-16,19,23-24,32H,7,17-18H2,1-6H3,(H,29,33)(H,30,35). The summed E-state index contributed by atoms with van der Waals surface area (Å²) in [6, 6.07) is 13.6. The lowest BCUT2D eigenvalue weighted by atomic mass is 9.95. The fourth-order valence-electron chi connectivity index (χ4n) is 3.76. The summed E-state index contributed by atoms with van der Waals surface area (Å²) in [7, 11) is 1.55. The van der Waals surface area contributed by atoms with E-state index in [0.717, 1.165) is 0 Å². The Labute approximate surface area is 219 Å². The maximum absolute atomic E-state index is 13.9. The van der Waals surface area contributed by atoms with Gasteiger partial charge in [0.15, 0.2) is 0 Å². The van der Waals surface area contributed by atoms with E-state index >= 15 is 0 Å². The molecule has 0 saturated carbocycles. The van der Waals surface area contributed by atoms with Crippen molar-refractivity contribution in [2.75, 3.05) is 25.6 Å². The van der Waals surface area contributed by atoms with Crippen LogP contribution in [0.3, 0.4) is 0 Å². The van der Waals surface area contributed by atoms with Crippen molar-refractivity contribution in [1.82, 2.24) is 10.2 Å². The number of ether oxygens (including phenoxy) is 2. The quantitative estimate of drug-likeness (QED) is 0.416. The zero-order valence-electron chi connectivity index (χ0n) is 22.5. The number of hydrogen-bond donors (Lipinski definition) is 3. The lowest BCUT2D eigenvalue weighted by molar-refractivity contribution is -0.142. The summed E-state index contributed by atoms with van der Waals surface area (Å²) in [5.41, 5.74) is 0.340. The van der Waals surface area contributed by atoms with Gasteiger partial charge >= 0.3 is 6.09 Å². The van der Waals surface area contributed by atoms with Crippen molar-refractivity contribution in [1.29, 1.82) is 0 Å². The largest absolute Gasteiger partial charge is 0.497 e. The fourth-order valence-corrected chi connectivity index (χ4v) is 3.76. The molecule has 2 aromatic carbocycles. The molecule has 0 aliphatic rings. The van der Waals surface area contributed by atoms with Crippen LogP contribution in [0.1, 0.15) is 52.6 Å². The second-order valence-electron chi connectivity index (χ2n) is 9.80. The van der Waals surface area contributed by atoms with Gasteiger partial charge in [-0.15, -0.1) is 0 Å². The average molecular weight is 514 g/mol. The first-order valence-corrected chi connectivity index (χ1v) is 12.4. The number of anilines is 1. The Morgan fingerprint density at radius 2 is 1.65 bits per heavy atom. The normalized spacial score (nSPS) is 13.6. The minimum atomic E-state index is -1.06. The van der Waals surface area contributed by atoms with E-state index in [-0.39, 0.29) is 19.1 Å². The maximum atomic E-state index is 13.9. The zero-order chi connectivity index (χ0) is 27.6. The van der Waals surface area contributed by atoms with E-state index < -0.39 is 35.6 Å². The van der Waals surface area contributed by atoms with Gasteiger partial charge in [-0.3, -0.25) is 9.59 Å². The first-order chi connectivity index (χ1) is 17.5. The molecule has 0 aliphatic carbocycles. The van der Waals surface area contributed by atoms with Gasteiger partial charge in [-0.25, -0.2) is 4.79 Å². The van der Waals surface area contributed by atoms with E-state index in [1.54, 1.807) is 76.4 Å². The SMILES string of the molecule is CCC(C)C(NC(=O)OC(C)(C)C)C(=O)N(CCO)C(C(=O)Nc1ccc(OC)cc1)c1ccccc1. The molecule has 3 atom stereocenters. The molecule has 2 aromatic rings. The molecule has 3 amide bonds. The van der Waals surface area contributed by atoms with Gasteiger partial charge in [0, 0.05) is 12.2 Å². The molecule has 0 fully saturated rings. The topological polar surface area (TPSA) is 117 Å². The molecule has 0 spiro atoms. The summed E-state index contributed by atoms with van der Waals surface area (Å²) in [4.78, 5) is 41.5. The first kappa shape index (κ1) is 29.6. The van der Waals surface area contributed by atoms with Gasteiger partial charge in [-0.05, 0) is 56.5 Å². The van der Waals surface area contributed by atoms with Crippen LogP contribution in [-0.4, -0.2) is 59.8 Å². The Morgan fingerprint density at radius 1 is 1.03 bits per heavy atom. The smallest absolute Gasteiger partial charge is 0.408 e. The van der Waals surface area contributed by atoms with Crippen molar-refractivity contribution >= 4 is 23.6 Å². The minimum Gasteiger partial charge on any atom is -0.497 e. The molecule has 0 bridgehead atoms. The molecule has 202 valence electrons. The second kappa shape index (κ2) is 13.6. The summed E-state index contributed by atoms with van der Waals surface area (Å²) in [6.07, 6.45) is -0.137. The molecule has 0 radical (unpaired) electrons. The maximum Gasteiger partial charge on any atom is 0.408 e. The van der Waals surface area contributed by atoms with Crippen LogP contribution >= 0.6 is 0 Å². The van der Waals surface area contributed by atoms with Crippen molar-refractivity contribution in [3.8, 4) is 5.75 Å². The Hall–Kier alpha value is -3.59. The third-order valence-electron chi connectivity index (χ3n) is 5.81. The van der Waals surface area contributed by atoms with Gasteiger partial charge in [0.25, 0.3) is 5.91 Å². The number of carbonyl (C=O) groups excluding carboxylic acids is 3. The summed E-state index contributed by atoms with van der Waals surface area (Å²) >= 11 is 0. The number of alkyl carbamates (subject to hydrolysis) is 1. The van der Waals surface area contributed by atoms with Crippen LogP contribution < -0.4 is 15.4 Å². The van der Waals surface area contributed by atoms with Gasteiger partial charge in [0.1, 0.15) is 23.4 Å². The Morgan fingerprint density at radius 3 is 2.16 bits per heavy atom. The van der Waals surface area contributed by atoms with Gasteiger partial charge in [-0.1, -0.05) is 50.6 Å². The molecule has 0 heterocycles. The minimum absolute atomic E-state index is 0.114. The van der Waals surface area contributed by atoms with E-state index in [1.165, 1.54) is 4.90 Å². The van der Waals surface area contributed by atoms with Crippen LogP contribution in [0.4, 0.5) is 10.5 Å². The van der Waals surface area contributed by atoms with Crippen LogP contribution in [0.2, 0.25) is 0 Å². The molecule has 3 N–H and O–H groups in total.